The monoisotopic (exact) mass is 469 g/mol. The van der Waals surface area contributed by atoms with Crippen molar-refractivity contribution in [3.05, 3.63) is 40.9 Å². The van der Waals surface area contributed by atoms with Gasteiger partial charge in [0.25, 0.3) is 15.6 Å². The van der Waals surface area contributed by atoms with Crippen LogP contribution in [0.25, 0.3) is 11.0 Å². The maximum atomic E-state index is 12.8. The highest BCUT2D eigenvalue weighted by molar-refractivity contribution is 7.89. The van der Waals surface area contributed by atoms with Gasteiger partial charge >= 0.3 is 0 Å². The number of hydrogen-bond donors (Lipinski definition) is 1. The van der Waals surface area contributed by atoms with E-state index < -0.39 is 10.0 Å². The minimum Gasteiger partial charge on any atom is -0.351 e. The highest BCUT2D eigenvalue weighted by Crippen LogP contribution is 2.55. The highest BCUT2D eigenvalue weighted by atomic mass is 32.2. The zero-order valence-electron chi connectivity index (χ0n) is 18.5. The third-order valence-electron chi connectivity index (χ3n) is 7.33. The first-order chi connectivity index (χ1) is 15.9. The molecule has 0 bridgehead atoms. The summed E-state index contributed by atoms with van der Waals surface area (Å²) in [6, 6.07) is 5.19. The number of nitrogens with one attached hydrogen (secondary N) is 1. The Bertz CT molecular complexity index is 1360. The van der Waals surface area contributed by atoms with Gasteiger partial charge in [0.05, 0.1) is 0 Å². The van der Waals surface area contributed by atoms with Gasteiger partial charge in [0.15, 0.2) is 5.03 Å². The molecular weight excluding hydrogens is 442 g/mol. The molecule has 2 saturated carbocycles. The van der Waals surface area contributed by atoms with Crippen molar-refractivity contribution in [3.63, 3.8) is 0 Å². The van der Waals surface area contributed by atoms with Crippen LogP contribution in [0.5, 0.6) is 0 Å². The van der Waals surface area contributed by atoms with E-state index in [0.29, 0.717) is 37.5 Å². The predicted octanol–water partition coefficient (Wildman–Crippen LogP) is 1.76. The normalized spacial score (nSPS) is 25.9. The second kappa shape index (κ2) is 7.63. The fourth-order valence-corrected chi connectivity index (χ4v) is 6.86. The fourth-order valence-electron chi connectivity index (χ4n) is 5.44. The largest absolute Gasteiger partial charge is 0.351 e. The third-order valence-corrected chi connectivity index (χ3v) is 9.12. The number of hydrogen-bond acceptors (Lipinski definition) is 7. The summed E-state index contributed by atoms with van der Waals surface area (Å²) in [5.74, 6) is 2.02. The van der Waals surface area contributed by atoms with Crippen molar-refractivity contribution < 1.29 is 8.42 Å². The van der Waals surface area contributed by atoms with Crippen LogP contribution in [0.2, 0.25) is 0 Å². The van der Waals surface area contributed by atoms with E-state index >= 15 is 0 Å². The lowest BCUT2D eigenvalue weighted by molar-refractivity contribution is 0.328. The van der Waals surface area contributed by atoms with Crippen LogP contribution in [-0.4, -0.2) is 56.2 Å². The Balaban J connectivity index is 1.18. The molecule has 3 aromatic rings. The van der Waals surface area contributed by atoms with E-state index in [0.717, 1.165) is 30.1 Å². The van der Waals surface area contributed by atoms with Crippen LogP contribution < -0.4 is 10.9 Å². The van der Waals surface area contributed by atoms with Crippen LogP contribution in [0, 0.1) is 11.8 Å². The van der Waals surface area contributed by atoms with Gasteiger partial charge in [0, 0.05) is 56.1 Å². The molecule has 11 heteroatoms. The van der Waals surface area contributed by atoms with E-state index in [1.54, 1.807) is 31.6 Å². The summed E-state index contributed by atoms with van der Waals surface area (Å²) >= 11 is 0. The Hall–Kier alpha value is -2.79. The number of anilines is 1. The molecule has 3 atom stereocenters. The number of piperidine rings is 1. The fraction of sp³-hybridized carbons (Fsp3) is 0.545. The Kier molecular flexibility index (Phi) is 4.80. The molecule has 1 saturated heterocycles. The smallest absolute Gasteiger partial charge is 0.262 e. The molecule has 6 rings (SSSR count). The lowest BCUT2D eigenvalue weighted by Gasteiger charge is -2.31. The number of sulfonamides is 1. The molecular formula is C22H27N7O3S. The second-order valence-corrected chi connectivity index (χ2v) is 11.4. The zero-order valence-corrected chi connectivity index (χ0v) is 19.3. The summed E-state index contributed by atoms with van der Waals surface area (Å²) in [6.07, 6.45) is 8.08. The molecule has 0 spiro atoms. The van der Waals surface area contributed by atoms with Crippen LogP contribution in [0.1, 0.15) is 38.1 Å². The van der Waals surface area contributed by atoms with Crippen molar-refractivity contribution in [2.24, 2.45) is 18.9 Å². The standard InChI is InChI=1S/C22H27N7O3S/c1-27-7-6-19(26-27)33(31,32)28-8-4-17(5-9-28)24-22-23-13-14-2-3-20(30)29(21(14)25-22)18-11-15-10-16(15)12-18/h2-3,6-7,13,15-18H,4-5,8-12H2,1H3,(H,23,24,25)/t15-,16+,18?. The second-order valence-electron chi connectivity index (χ2n) is 9.55. The van der Waals surface area contributed by atoms with Gasteiger partial charge < -0.3 is 5.32 Å². The summed E-state index contributed by atoms with van der Waals surface area (Å²) in [5, 5.41) is 8.36. The number of aromatic nitrogens is 5. The minimum atomic E-state index is -3.58. The Morgan fingerprint density at radius 3 is 2.52 bits per heavy atom. The first-order valence-electron chi connectivity index (χ1n) is 11.5. The molecule has 174 valence electrons. The molecule has 10 nitrogen and oxygen atoms in total. The molecule has 1 N–H and O–H groups in total. The minimum absolute atomic E-state index is 0.00788. The van der Waals surface area contributed by atoms with Gasteiger partial charge in [0.2, 0.25) is 5.95 Å². The summed E-state index contributed by atoms with van der Waals surface area (Å²) in [6.45, 7) is 0.805. The van der Waals surface area contributed by atoms with Crippen LogP contribution in [0.3, 0.4) is 0 Å². The number of rotatable bonds is 5. The lowest BCUT2D eigenvalue weighted by Crippen LogP contribution is -2.42. The molecule has 0 aromatic carbocycles. The van der Waals surface area contributed by atoms with Crippen LogP contribution >= 0.6 is 0 Å². The molecule has 4 heterocycles. The topological polar surface area (TPSA) is 115 Å². The maximum Gasteiger partial charge on any atom is 0.262 e. The summed E-state index contributed by atoms with van der Waals surface area (Å²) < 4.78 is 30.4. The van der Waals surface area contributed by atoms with E-state index in [1.165, 1.54) is 21.5 Å². The molecule has 0 amide bonds. The third kappa shape index (κ3) is 3.72. The van der Waals surface area contributed by atoms with E-state index in [2.05, 4.69) is 15.4 Å². The maximum absolute atomic E-state index is 12.8. The van der Waals surface area contributed by atoms with Crippen molar-refractivity contribution >= 4 is 27.0 Å². The number of aryl methyl sites for hydroxylation is 1. The zero-order chi connectivity index (χ0) is 22.7. The van der Waals surface area contributed by atoms with Crippen molar-refractivity contribution in [3.8, 4) is 0 Å². The lowest BCUT2D eigenvalue weighted by atomic mass is 10.1. The Labute approximate surface area is 191 Å². The average molecular weight is 470 g/mol. The molecule has 3 fully saturated rings. The molecule has 3 aliphatic rings. The molecule has 33 heavy (non-hydrogen) atoms. The molecule has 2 aliphatic carbocycles. The van der Waals surface area contributed by atoms with Crippen LogP contribution in [0.4, 0.5) is 5.95 Å². The highest BCUT2D eigenvalue weighted by Gasteiger charge is 2.47. The van der Waals surface area contributed by atoms with Crippen molar-refractivity contribution in [2.75, 3.05) is 18.4 Å². The van der Waals surface area contributed by atoms with Crippen molar-refractivity contribution in [1.82, 2.24) is 28.6 Å². The van der Waals surface area contributed by atoms with E-state index in [4.69, 9.17) is 4.98 Å². The van der Waals surface area contributed by atoms with Crippen molar-refractivity contribution in [2.45, 2.75) is 49.2 Å². The number of pyridine rings is 1. The molecule has 1 unspecified atom stereocenters. The van der Waals surface area contributed by atoms with Crippen molar-refractivity contribution in [1.29, 1.82) is 0 Å². The first kappa shape index (κ1) is 20.8. The SMILES string of the molecule is Cn1ccc(S(=O)(=O)N2CCC(Nc3ncc4ccc(=O)n(C5C[C@@H]6C[C@@H]6C5)c4n3)CC2)n1. The Morgan fingerprint density at radius 2 is 1.82 bits per heavy atom. The number of fused-ring (bicyclic) bond motifs is 2. The van der Waals surface area contributed by atoms with Gasteiger partial charge in [-0.2, -0.15) is 14.4 Å². The number of nitrogens with zero attached hydrogens (tertiary/aromatic N) is 6. The van der Waals surface area contributed by atoms with E-state index in [1.807, 2.05) is 4.57 Å². The average Bonchev–Trinajstić information content (AvgIpc) is 3.16. The van der Waals surface area contributed by atoms with Gasteiger partial charge in [-0.3, -0.25) is 14.0 Å². The van der Waals surface area contributed by atoms with Gasteiger partial charge in [-0.05, 0) is 56.1 Å². The quantitative estimate of drug-likeness (QED) is 0.605. The predicted molar refractivity (Wildman–Crippen MR) is 122 cm³/mol. The summed E-state index contributed by atoms with van der Waals surface area (Å²) in [5.41, 5.74) is 0.674. The first-order valence-corrected chi connectivity index (χ1v) is 13.0. The summed E-state index contributed by atoms with van der Waals surface area (Å²) in [4.78, 5) is 21.9. The van der Waals surface area contributed by atoms with Crippen LogP contribution in [0.15, 0.2) is 40.4 Å². The molecule has 0 radical (unpaired) electrons. The van der Waals surface area contributed by atoms with Crippen LogP contribution in [-0.2, 0) is 17.1 Å². The molecule has 1 aliphatic heterocycles. The van der Waals surface area contributed by atoms with Gasteiger partial charge in [-0.25, -0.2) is 13.4 Å². The van der Waals surface area contributed by atoms with E-state index in [-0.39, 0.29) is 22.7 Å². The van der Waals surface area contributed by atoms with Gasteiger partial charge in [0.1, 0.15) is 5.65 Å². The van der Waals surface area contributed by atoms with E-state index in [9.17, 15) is 13.2 Å². The van der Waals surface area contributed by atoms with Gasteiger partial charge in [-0.1, -0.05) is 0 Å². The Morgan fingerprint density at radius 1 is 1.06 bits per heavy atom. The van der Waals surface area contributed by atoms with Gasteiger partial charge in [-0.15, -0.1) is 0 Å². The summed E-state index contributed by atoms with van der Waals surface area (Å²) in [7, 11) is -1.88. The molecule has 3 aromatic heterocycles.